The fourth-order valence-electron chi connectivity index (χ4n) is 5.49. The molecule has 0 aromatic carbocycles. The van der Waals surface area contributed by atoms with Crippen LogP contribution >= 0.6 is 0 Å². The molecule has 35 heavy (non-hydrogen) atoms. The molecule has 1 fully saturated rings. The van der Waals surface area contributed by atoms with Crippen LogP contribution in [0.2, 0.25) is 0 Å². The van der Waals surface area contributed by atoms with Crippen molar-refractivity contribution in [3.63, 3.8) is 0 Å². The number of aromatic hydroxyl groups is 1. The van der Waals surface area contributed by atoms with Gasteiger partial charge in [-0.3, -0.25) is 4.79 Å². The first kappa shape index (κ1) is 27.6. The van der Waals surface area contributed by atoms with Gasteiger partial charge < -0.3 is 34.8 Å². The fourth-order valence-corrected chi connectivity index (χ4v) is 5.49. The van der Waals surface area contributed by atoms with E-state index in [-0.39, 0.29) is 23.0 Å². The summed E-state index contributed by atoms with van der Waals surface area (Å²) in [6.45, 7) is 10.6. The van der Waals surface area contributed by atoms with Crippen molar-refractivity contribution >= 4 is 0 Å². The van der Waals surface area contributed by atoms with Crippen molar-refractivity contribution in [3.8, 4) is 5.75 Å². The quantitative estimate of drug-likeness (QED) is 0.370. The molecule has 5 N–H and O–H groups in total. The summed E-state index contributed by atoms with van der Waals surface area (Å²) in [5.74, 6) is -0.563. The predicted molar refractivity (Wildman–Crippen MR) is 133 cm³/mol. The number of aryl methyl sites for hydroxylation is 1. The van der Waals surface area contributed by atoms with Crippen LogP contribution in [0.3, 0.4) is 0 Å². The first-order chi connectivity index (χ1) is 16.4. The smallest absolute Gasteiger partial charge is 0.259 e. The van der Waals surface area contributed by atoms with Crippen molar-refractivity contribution in [1.82, 2.24) is 4.57 Å². The Kier molecular flexibility index (Phi) is 8.65. The Labute approximate surface area is 207 Å². The van der Waals surface area contributed by atoms with Gasteiger partial charge in [-0.1, -0.05) is 39.3 Å². The van der Waals surface area contributed by atoms with Gasteiger partial charge in [0.05, 0.1) is 30.0 Å². The van der Waals surface area contributed by atoms with Crippen molar-refractivity contribution in [1.29, 1.82) is 0 Å². The molecule has 8 atom stereocenters. The van der Waals surface area contributed by atoms with Crippen LogP contribution in [0.4, 0.5) is 0 Å². The van der Waals surface area contributed by atoms with E-state index in [1.165, 1.54) is 17.8 Å². The van der Waals surface area contributed by atoms with Crippen molar-refractivity contribution in [2.45, 2.75) is 96.4 Å². The summed E-state index contributed by atoms with van der Waals surface area (Å²) in [7, 11) is 1.51. The van der Waals surface area contributed by atoms with Gasteiger partial charge >= 0.3 is 0 Å². The molecule has 1 saturated carbocycles. The van der Waals surface area contributed by atoms with E-state index >= 15 is 0 Å². The molecule has 1 aliphatic carbocycles. The standard InChI is InChI=1S/C27H41NO7/c1-7-13(2)10-14(3)11-16(5)26-15(4)8-9-18(35-26)20-21(29)17(12-28(6)27(20)34)19-22(30)24(32)25(33)23(19)31/h8,11-14,18-19,22-26,29-33H,7,9-10H2,1-6H3/t13-,14+,18+,22+,23+,24-,25-,26+/m0/s1. The molecule has 196 valence electrons. The minimum absolute atomic E-state index is 0.0366. The molecule has 8 nitrogen and oxygen atoms in total. The van der Waals surface area contributed by atoms with Crippen LogP contribution in [0.25, 0.3) is 0 Å². The summed E-state index contributed by atoms with van der Waals surface area (Å²) in [6, 6.07) is 0. The molecule has 2 aliphatic rings. The zero-order valence-electron chi connectivity index (χ0n) is 21.5. The topological polar surface area (TPSA) is 132 Å². The molecule has 0 bridgehead atoms. The van der Waals surface area contributed by atoms with Crippen LogP contribution in [0.5, 0.6) is 5.75 Å². The van der Waals surface area contributed by atoms with Gasteiger partial charge in [-0.2, -0.15) is 0 Å². The molecule has 0 unspecified atom stereocenters. The lowest BCUT2D eigenvalue weighted by Gasteiger charge is -2.32. The molecule has 8 heteroatoms. The van der Waals surface area contributed by atoms with Gasteiger partial charge in [-0.15, -0.1) is 0 Å². The highest BCUT2D eigenvalue weighted by Crippen LogP contribution is 2.43. The van der Waals surface area contributed by atoms with Gasteiger partial charge in [0.25, 0.3) is 5.56 Å². The van der Waals surface area contributed by atoms with Crippen LogP contribution in [0.15, 0.2) is 34.3 Å². The third kappa shape index (κ3) is 5.42. The molecule has 1 aromatic rings. The Morgan fingerprint density at radius 1 is 1.17 bits per heavy atom. The zero-order chi connectivity index (χ0) is 26.2. The second-order valence-electron chi connectivity index (χ2n) is 10.6. The summed E-state index contributed by atoms with van der Waals surface area (Å²) < 4.78 is 7.64. The molecule has 0 amide bonds. The Balaban J connectivity index is 1.96. The van der Waals surface area contributed by atoms with Gasteiger partial charge in [-0.05, 0) is 49.7 Å². The molecular formula is C27H41NO7. The maximum absolute atomic E-state index is 13.1. The van der Waals surface area contributed by atoms with Gasteiger partial charge in [0.15, 0.2) is 0 Å². The molecule has 0 spiro atoms. The first-order valence-electron chi connectivity index (χ1n) is 12.5. The van der Waals surface area contributed by atoms with E-state index in [4.69, 9.17) is 4.74 Å². The zero-order valence-corrected chi connectivity index (χ0v) is 21.5. The number of hydrogen-bond acceptors (Lipinski definition) is 7. The van der Waals surface area contributed by atoms with E-state index in [0.29, 0.717) is 18.3 Å². The predicted octanol–water partition coefficient (Wildman–Crippen LogP) is 2.43. The minimum Gasteiger partial charge on any atom is -0.507 e. The molecule has 2 heterocycles. The van der Waals surface area contributed by atoms with Crippen LogP contribution in [0.1, 0.15) is 77.0 Å². The monoisotopic (exact) mass is 491 g/mol. The second kappa shape index (κ2) is 11.0. The maximum atomic E-state index is 13.1. The molecule has 1 aliphatic heterocycles. The number of aliphatic hydroxyl groups excluding tert-OH is 4. The van der Waals surface area contributed by atoms with E-state index in [0.717, 1.165) is 24.0 Å². The van der Waals surface area contributed by atoms with E-state index < -0.39 is 42.0 Å². The van der Waals surface area contributed by atoms with Crippen molar-refractivity contribution < 1.29 is 30.3 Å². The summed E-state index contributed by atoms with van der Waals surface area (Å²) in [6.07, 6.45) is 0.890. The number of aromatic nitrogens is 1. The summed E-state index contributed by atoms with van der Waals surface area (Å²) in [4.78, 5) is 13.1. The van der Waals surface area contributed by atoms with Gasteiger partial charge in [-0.25, -0.2) is 0 Å². The molecule has 1 aromatic heterocycles. The maximum Gasteiger partial charge on any atom is 0.259 e. The number of aliphatic hydroxyl groups is 4. The lowest BCUT2D eigenvalue weighted by atomic mass is 9.89. The SMILES string of the molecule is CC[C@H](C)C[C@@H](C)C=C(C)[C@@H]1O[C@@H](c2c(O)c(C3[C@@H](O)[C@H](O)[C@@H](O)[C@@H]3O)cn(C)c2=O)CC=C1C. The summed E-state index contributed by atoms with van der Waals surface area (Å²) >= 11 is 0. The van der Waals surface area contributed by atoms with E-state index in [2.05, 4.69) is 26.8 Å². The van der Waals surface area contributed by atoms with Gasteiger partial charge in [0, 0.05) is 24.7 Å². The van der Waals surface area contributed by atoms with E-state index in [1.54, 1.807) is 0 Å². The van der Waals surface area contributed by atoms with Crippen LogP contribution in [-0.4, -0.2) is 60.6 Å². The lowest BCUT2D eigenvalue weighted by Crippen LogP contribution is -2.32. The molecule has 0 saturated heterocycles. The average molecular weight is 492 g/mol. The molecule has 0 radical (unpaired) electrons. The van der Waals surface area contributed by atoms with Crippen LogP contribution in [-0.2, 0) is 11.8 Å². The number of rotatable bonds is 7. The Morgan fingerprint density at radius 2 is 1.77 bits per heavy atom. The van der Waals surface area contributed by atoms with Gasteiger partial charge in [0.1, 0.15) is 18.0 Å². The Hall–Kier alpha value is -1.97. The third-order valence-electron chi connectivity index (χ3n) is 7.68. The largest absolute Gasteiger partial charge is 0.507 e. The Bertz CT molecular complexity index is 1020. The summed E-state index contributed by atoms with van der Waals surface area (Å²) in [5, 5.41) is 52.1. The fraction of sp³-hybridized carbons (Fsp3) is 0.667. The number of pyridine rings is 1. The van der Waals surface area contributed by atoms with E-state index in [9.17, 15) is 30.3 Å². The highest BCUT2D eigenvalue weighted by atomic mass is 16.5. The number of ether oxygens (including phenoxy) is 1. The Morgan fingerprint density at radius 3 is 2.34 bits per heavy atom. The van der Waals surface area contributed by atoms with Gasteiger partial charge in [0.2, 0.25) is 0 Å². The number of allylic oxidation sites excluding steroid dienone is 1. The van der Waals surface area contributed by atoms with Crippen molar-refractivity contribution in [3.05, 3.63) is 51.0 Å². The first-order valence-corrected chi connectivity index (χ1v) is 12.5. The normalized spacial score (nSPS) is 31.9. The lowest BCUT2D eigenvalue weighted by molar-refractivity contribution is -0.0413. The summed E-state index contributed by atoms with van der Waals surface area (Å²) in [5.41, 5.74) is 1.75. The van der Waals surface area contributed by atoms with Crippen LogP contribution in [0, 0.1) is 11.8 Å². The second-order valence-corrected chi connectivity index (χ2v) is 10.6. The highest BCUT2D eigenvalue weighted by Gasteiger charge is 2.50. The third-order valence-corrected chi connectivity index (χ3v) is 7.68. The highest BCUT2D eigenvalue weighted by molar-refractivity contribution is 5.44. The number of nitrogens with zero attached hydrogens (tertiary/aromatic N) is 1. The number of hydrogen-bond donors (Lipinski definition) is 5. The van der Waals surface area contributed by atoms with Crippen molar-refractivity contribution in [2.24, 2.45) is 18.9 Å². The van der Waals surface area contributed by atoms with Crippen LogP contribution < -0.4 is 5.56 Å². The minimum atomic E-state index is -1.57. The molecular weight excluding hydrogens is 450 g/mol. The molecule has 3 rings (SSSR count). The van der Waals surface area contributed by atoms with E-state index in [1.807, 2.05) is 19.9 Å². The average Bonchev–Trinajstić information content (AvgIpc) is 2.99. The van der Waals surface area contributed by atoms with Crippen molar-refractivity contribution in [2.75, 3.05) is 0 Å².